The molecule has 0 aromatic carbocycles. The first-order valence-corrected chi connectivity index (χ1v) is 4.95. The van der Waals surface area contributed by atoms with Gasteiger partial charge in [-0.05, 0) is 12.1 Å². The smallest absolute Gasteiger partial charge is 0.134 e. The van der Waals surface area contributed by atoms with E-state index < -0.39 is 0 Å². The molecule has 0 saturated heterocycles. The van der Waals surface area contributed by atoms with Crippen LogP contribution < -0.4 is 5.73 Å². The average Bonchev–Trinajstić information content (AvgIpc) is 2.69. The summed E-state index contributed by atoms with van der Waals surface area (Å²) in [5.41, 5.74) is 7.55. The molecule has 78 valence electrons. The number of nitrogens with two attached hydrogens (primary N) is 1. The summed E-state index contributed by atoms with van der Waals surface area (Å²) in [6.07, 6.45) is 1.86. The van der Waals surface area contributed by atoms with Crippen LogP contribution in [0.15, 0.2) is 24.4 Å². The maximum atomic E-state index is 5.74. The van der Waals surface area contributed by atoms with Crippen LogP contribution >= 0.6 is 0 Å². The van der Waals surface area contributed by atoms with Crippen molar-refractivity contribution < 1.29 is 0 Å². The van der Waals surface area contributed by atoms with E-state index in [1.54, 1.807) is 6.07 Å². The first-order valence-electron chi connectivity index (χ1n) is 4.95. The Morgan fingerprint density at radius 1 is 1.33 bits per heavy atom. The summed E-state index contributed by atoms with van der Waals surface area (Å²) in [5.74, 6) is 1.57. The van der Waals surface area contributed by atoms with Gasteiger partial charge in [-0.25, -0.2) is 9.97 Å². The van der Waals surface area contributed by atoms with Crippen molar-refractivity contribution in [2.75, 3.05) is 5.73 Å². The summed E-state index contributed by atoms with van der Waals surface area (Å²) >= 11 is 0. The predicted octanol–water partition coefficient (Wildman–Crippen LogP) is 2.18. The molecule has 0 aliphatic heterocycles. The van der Waals surface area contributed by atoms with Crippen molar-refractivity contribution in [2.45, 2.75) is 19.8 Å². The third-order valence-electron chi connectivity index (χ3n) is 2.15. The lowest BCUT2D eigenvalue weighted by atomic mass is 10.2. The number of anilines is 1. The molecule has 15 heavy (non-hydrogen) atoms. The second-order valence-electron chi connectivity index (χ2n) is 3.77. The summed E-state index contributed by atoms with van der Waals surface area (Å²) in [6, 6.07) is 5.67. The Morgan fingerprint density at radius 3 is 2.73 bits per heavy atom. The molecule has 0 aliphatic carbocycles. The zero-order chi connectivity index (χ0) is 10.8. The van der Waals surface area contributed by atoms with Crippen LogP contribution in [0.3, 0.4) is 0 Å². The average molecular weight is 202 g/mol. The highest BCUT2D eigenvalue weighted by atomic mass is 15.0. The van der Waals surface area contributed by atoms with Gasteiger partial charge in [0.05, 0.1) is 11.4 Å². The molecule has 4 heteroatoms. The van der Waals surface area contributed by atoms with Gasteiger partial charge in [-0.15, -0.1) is 0 Å². The van der Waals surface area contributed by atoms with E-state index in [0.29, 0.717) is 5.82 Å². The summed E-state index contributed by atoms with van der Waals surface area (Å²) in [4.78, 5) is 11.8. The molecule has 2 aromatic rings. The van der Waals surface area contributed by atoms with Crippen LogP contribution in [-0.2, 0) is 0 Å². The van der Waals surface area contributed by atoms with Gasteiger partial charge >= 0.3 is 0 Å². The van der Waals surface area contributed by atoms with Crippen LogP contribution in [0.2, 0.25) is 0 Å². The van der Waals surface area contributed by atoms with E-state index in [-0.39, 0.29) is 5.92 Å². The van der Waals surface area contributed by atoms with Crippen LogP contribution in [0.25, 0.3) is 11.4 Å². The Kier molecular flexibility index (Phi) is 2.41. The van der Waals surface area contributed by atoms with Crippen LogP contribution in [0, 0.1) is 0 Å². The molecule has 2 rings (SSSR count). The number of nitrogen functional groups attached to an aromatic ring is 1. The lowest BCUT2D eigenvalue weighted by Gasteiger charge is -2.06. The van der Waals surface area contributed by atoms with Crippen LogP contribution in [-0.4, -0.2) is 15.0 Å². The number of nitrogens with zero attached hydrogens (tertiary/aromatic N) is 2. The van der Waals surface area contributed by atoms with Gasteiger partial charge in [0.1, 0.15) is 11.6 Å². The number of aromatic amines is 1. The fourth-order valence-corrected chi connectivity index (χ4v) is 1.37. The predicted molar refractivity (Wildman–Crippen MR) is 60.3 cm³/mol. The van der Waals surface area contributed by atoms with E-state index in [1.165, 1.54) is 0 Å². The molecule has 0 unspecified atom stereocenters. The first-order chi connectivity index (χ1) is 7.16. The van der Waals surface area contributed by atoms with E-state index in [1.807, 2.05) is 32.2 Å². The Hall–Kier alpha value is -1.84. The maximum absolute atomic E-state index is 5.74. The van der Waals surface area contributed by atoms with Crippen LogP contribution in [0.5, 0.6) is 0 Å². The van der Waals surface area contributed by atoms with Gasteiger partial charge in [-0.3, -0.25) is 0 Å². The van der Waals surface area contributed by atoms with Gasteiger partial charge < -0.3 is 10.7 Å². The topological polar surface area (TPSA) is 67.6 Å². The molecular formula is C11H14N4. The molecule has 0 amide bonds. The third-order valence-corrected chi connectivity index (χ3v) is 2.15. The van der Waals surface area contributed by atoms with Crippen molar-refractivity contribution >= 4 is 5.82 Å². The molecule has 0 aliphatic rings. The largest absolute Gasteiger partial charge is 0.384 e. The van der Waals surface area contributed by atoms with Crippen molar-refractivity contribution in [3.8, 4) is 11.4 Å². The first kappa shape index (κ1) is 9.71. The van der Waals surface area contributed by atoms with Crippen molar-refractivity contribution in [3.63, 3.8) is 0 Å². The highest BCUT2D eigenvalue weighted by molar-refractivity contribution is 5.57. The van der Waals surface area contributed by atoms with Crippen molar-refractivity contribution in [1.82, 2.24) is 15.0 Å². The number of rotatable bonds is 2. The molecule has 0 bridgehead atoms. The molecule has 0 atom stereocenters. The second kappa shape index (κ2) is 3.73. The van der Waals surface area contributed by atoms with Gasteiger partial charge in [-0.1, -0.05) is 13.8 Å². The molecule has 0 fully saturated rings. The van der Waals surface area contributed by atoms with Crippen molar-refractivity contribution in [3.05, 3.63) is 30.2 Å². The number of hydrogen-bond donors (Lipinski definition) is 2. The van der Waals surface area contributed by atoms with Gasteiger partial charge in [0.15, 0.2) is 0 Å². The highest BCUT2D eigenvalue weighted by Gasteiger charge is 2.08. The van der Waals surface area contributed by atoms with E-state index >= 15 is 0 Å². The summed E-state index contributed by atoms with van der Waals surface area (Å²) in [5, 5.41) is 0. The standard InChI is InChI=1S/C11H14N4/c1-7(2)11-14-9(6-10(12)15-11)8-4-3-5-13-8/h3-7,13H,1-2H3,(H2,12,14,15). The van der Waals surface area contributed by atoms with E-state index in [0.717, 1.165) is 17.2 Å². The normalized spacial score (nSPS) is 10.9. The number of nitrogens with one attached hydrogen (secondary N) is 1. The van der Waals surface area contributed by atoms with Gasteiger partial charge in [-0.2, -0.15) is 0 Å². The van der Waals surface area contributed by atoms with Crippen molar-refractivity contribution in [2.24, 2.45) is 0 Å². The summed E-state index contributed by atoms with van der Waals surface area (Å²) < 4.78 is 0. The van der Waals surface area contributed by atoms with Gasteiger partial charge in [0, 0.05) is 18.2 Å². The fourth-order valence-electron chi connectivity index (χ4n) is 1.37. The fraction of sp³-hybridized carbons (Fsp3) is 0.273. The Bertz CT molecular complexity index is 446. The monoisotopic (exact) mass is 202 g/mol. The Morgan fingerprint density at radius 2 is 2.13 bits per heavy atom. The molecule has 0 radical (unpaired) electrons. The zero-order valence-corrected chi connectivity index (χ0v) is 8.86. The molecule has 2 heterocycles. The minimum atomic E-state index is 0.280. The molecule has 2 aromatic heterocycles. The molecular weight excluding hydrogens is 188 g/mol. The Balaban J connectivity index is 2.49. The van der Waals surface area contributed by atoms with E-state index in [4.69, 9.17) is 5.73 Å². The number of hydrogen-bond acceptors (Lipinski definition) is 3. The lowest BCUT2D eigenvalue weighted by Crippen LogP contribution is -2.02. The molecule has 4 nitrogen and oxygen atoms in total. The quantitative estimate of drug-likeness (QED) is 0.784. The SMILES string of the molecule is CC(C)c1nc(N)cc(-c2ccc[nH]2)n1. The van der Waals surface area contributed by atoms with E-state index in [2.05, 4.69) is 15.0 Å². The van der Waals surface area contributed by atoms with Crippen LogP contribution in [0.1, 0.15) is 25.6 Å². The van der Waals surface area contributed by atoms with E-state index in [9.17, 15) is 0 Å². The second-order valence-corrected chi connectivity index (χ2v) is 3.77. The lowest BCUT2D eigenvalue weighted by molar-refractivity contribution is 0.778. The highest BCUT2D eigenvalue weighted by Crippen LogP contribution is 2.19. The van der Waals surface area contributed by atoms with Gasteiger partial charge in [0.2, 0.25) is 0 Å². The minimum Gasteiger partial charge on any atom is -0.384 e. The van der Waals surface area contributed by atoms with Crippen LogP contribution in [0.4, 0.5) is 5.82 Å². The minimum absolute atomic E-state index is 0.280. The molecule has 3 N–H and O–H groups in total. The summed E-state index contributed by atoms with van der Waals surface area (Å²) in [7, 11) is 0. The zero-order valence-electron chi connectivity index (χ0n) is 8.86. The number of H-pyrrole nitrogens is 1. The Labute approximate surface area is 88.6 Å². The third kappa shape index (κ3) is 1.98. The molecule has 0 spiro atoms. The maximum Gasteiger partial charge on any atom is 0.134 e. The van der Waals surface area contributed by atoms with Crippen molar-refractivity contribution in [1.29, 1.82) is 0 Å². The molecule has 0 saturated carbocycles. The summed E-state index contributed by atoms with van der Waals surface area (Å²) in [6.45, 7) is 4.10. The van der Waals surface area contributed by atoms with Gasteiger partial charge in [0.25, 0.3) is 0 Å². The number of aromatic nitrogens is 3.